The number of nitrogens with one attached hydrogen (secondary N) is 2. The van der Waals surface area contributed by atoms with E-state index in [1.165, 1.54) is 0 Å². The number of nitrogens with zero attached hydrogens (tertiary/aromatic N) is 1. The van der Waals surface area contributed by atoms with Crippen LogP contribution in [0.1, 0.15) is 41.8 Å². The van der Waals surface area contributed by atoms with E-state index in [1.807, 2.05) is 44.2 Å². The fraction of sp³-hybridized carbons (Fsp3) is 0.333. The molecule has 150 valence electrons. The van der Waals surface area contributed by atoms with Crippen LogP contribution in [0.3, 0.4) is 0 Å². The number of nitrogens with two attached hydrogens (primary N) is 1. The van der Waals surface area contributed by atoms with Gasteiger partial charge in [0.05, 0.1) is 0 Å². The van der Waals surface area contributed by atoms with Crippen molar-refractivity contribution in [1.29, 1.82) is 0 Å². The molecular formula is C21H27ClN4O2. The minimum atomic E-state index is -0.201. The van der Waals surface area contributed by atoms with Crippen molar-refractivity contribution in [3.8, 4) is 0 Å². The summed E-state index contributed by atoms with van der Waals surface area (Å²) in [6.07, 6.45) is 1.80. The number of amides is 3. The van der Waals surface area contributed by atoms with Gasteiger partial charge in [-0.15, -0.1) is 12.4 Å². The number of rotatable bonds is 4. The molecule has 0 spiro atoms. The molecule has 6 nitrogen and oxygen atoms in total. The third-order valence-electron chi connectivity index (χ3n) is 4.61. The van der Waals surface area contributed by atoms with E-state index >= 15 is 0 Å². The van der Waals surface area contributed by atoms with E-state index in [9.17, 15) is 9.59 Å². The topological polar surface area (TPSA) is 87.5 Å². The van der Waals surface area contributed by atoms with Crippen LogP contribution in [0.25, 0.3) is 0 Å². The number of fused-ring (bicyclic) bond motifs is 1. The maximum atomic E-state index is 13.0. The van der Waals surface area contributed by atoms with Gasteiger partial charge in [-0.25, -0.2) is 4.79 Å². The van der Waals surface area contributed by atoms with Crippen LogP contribution in [0, 0.1) is 0 Å². The second kappa shape index (κ2) is 9.46. The Labute approximate surface area is 171 Å². The molecule has 2 aromatic carbocycles. The first kappa shape index (κ1) is 21.6. The van der Waals surface area contributed by atoms with Crippen LogP contribution in [0.4, 0.5) is 16.2 Å². The van der Waals surface area contributed by atoms with Gasteiger partial charge in [-0.1, -0.05) is 18.2 Å². The molecule has 0 radical (unpaired) electrons. The van der Waals surface area contributed by atoms with Crippen LogP contribution in [-0.4, -0.2) is 24.5 Å². The Morgan fingerprint density at radius 1 is 1.14 bits per heavy atom. The third kappa shape index (κ3) is 4.95. The van der Waals surface area contributed by atoms with Crippen LogP contribution < -0.4 is 21.3 Å². The molecule has 1 aliphatic rings. The molecule has 1 heterocycles. The predicted octanol–water partition coefficient (Wildman–Crippen LogP) is 3.49. The van der Waals surface area contributed by atoms with Crippen LogP contribution in [0.2, 0.25) is 0 Å². The lowest BCUT2D eigenvalue weighted by Crippen LogP contribution is -2.39. The molecule has 0 fully saturated rings. The summed E-state index contributed by atoms with van der Waals surface area (Å²) < 4.78 is 0. The summed E-state index contributed by atoms with van der Waals surface area (Å²) in [6, 6.07) is 13.0. The van der Waals surface area contributed by atoms with Gasteiger partial charge in [0.25, 0.3) is 5.91 Å². The maximum absolute atomic E-state index is 13.0. The second-order valence-electron chi connectivity index (χ2n) is 7.08. The molecule has 0 atom stereocenters. The van der Waals surface area contributed by atoms with Crippen molar-refractivity contribution in [2.75, 3.05) is 17.2 Å². The molecule has 0 aromatic heterocycles. The second-order valence-corrected chi connectivity index (χ2v) is 7.08. The molecule has 3 amide bonds. The van der Waals surface area contributed by atoms with Crippen molar-refractivity contribution in [3.63, 3.8) is 0 Å². The Kier molecular flexibility index (Phi) is 7.29. The molecule has 28 heavy (non-hydrogen) atoms. The standard InChI is InChI=1S/C21H26N4O2.ClH/c1-14(2)24-21(27)23-13-15-8-10-16(11-9-15)20(26)25-12-4-5-17-18(22)6-3-7-19(17)25;/h3,6-11,14H,4-5,12-13,22H2,1-2H3,(H2,23,24,27);1H. The Bertz CT molecular complexity index is 837. The maximum Gasteiger partial charge on any atom is 0.315 e. The number of carbonyl (C=O) groups is 2. The van der Waals surface area contributed by atoms with Crippen LogP contribution in [-0.2, 0) is 13.0 Å². The first-order chi connectivity index (χ1) is 13.0. The lowest BCUT2D eigenvalue weighted by molar-refractivity contribution is 0.0985. The quantitative estimate of drug-likeness (QED) is 0.684. The first-order valence-corrected chi connectivity index (χ1v) is 9.28. The molecule has 0 unspecified atom stereocenters. The highest BCUT2D eigenvalue weighted by Crippen LogP contribution is 2.32. The molecule has 4 N–H and O–H groups in total. The van der Waals surface area contributed by atoms with Crippen molar-refractivity contribution >= 4 is 35.7 Å². The Morgan fingerprint density at radius 3 is 2.54 bits per heavy atom. The van der Waals surface area contributed by atoms with Crippen LogP contribution in [0.15, 0.2) is 42.5 Å². The first-order valence-electron chi connectivity index (χ1n) is 9.28. The fourth-order valence-electron chi connectivity index (χ4n) is 3.28. The van der Waals surface area contributed by atoms with E-state index in [-0.39, 0.29) is 30.4 Å². The summed E-state index contributed by atoms with van der Waals surface area (Å²) >= 11 is 0. The number of benzene rings is 2. The molecule has 1 aliphatic heterocycles. The number of hydrogen-bond acceptors (Lipinski definition) is 3. The minimum Gasteiger partial charge on any atom is -0.398 e. The molecule has 0 saturated heterocycles. The normalized spacial score (nSPS) is 12.8. The number of halogens is 1. The van der Waals surface area contributed by atoms with E-state index < -0.39 is 0 Å². The molecule has 0 aliphatic carbocycles. The van der Waals surface area contributed by atoms with Crippen molar-refractivity contribution in [2.24, 2.45) is 0 Å². The predicted molar refractivity (Wildman–Crippen MR) is 115 cm³/mol. The highest BCUT2D eigenvalue weighted by atomic mass is 35.5. The Morgan fingerprint density at radius 2 is 1.86 bits per heavy atom. The summed E-state index contributed by atoms with van der Waals surface area (Å²) in [5.41, 5.74) is 10.3. The summed E-state index contributed by atoms with van der Waals surface area (Å²) in [5.74, 6) is -0.0291. The van der Waals surface area contributed by atoms with Crippen molar-refractivity contribution in [2.45, 2.75) is 39.3 Å². The number of carbonyl (C=O) groups excluding carboxylic acids is 2. The average molecular weight is 403 g/mol. The smallest absolute Gasteiger partial charge is 0.315 e. The summed E-state index contributed by atoms with van der Waals surface area (Å²) in [4.78, 5) is 26.4. The Balaban J connectivity index is 0.00000280. The average Bonchev–Trinajstić information content (AvgIpc) is 2.66. The zero-order chi connectivity index (χ0) is 19.4. The molecule has 3 rings (SSSR count). The molecule has 0 saturated carbocycles. The number of nitrogen functional groups attached to an aromatic ring is 1. The van der Waals surface area contributed by atoms with Gasteiger partial charge >= 0.3 is 6.03 Å². The van der Waals surface area contributed by atoms with Crippen LogP contribution in [0.5, 0.6) is 0 Å². The van der Waals surface area contributed by atoms with E-state index in [1.54, 1.807) is 17.0 Å². The SMILES string of the molecule is CC(C)NC(=O)NCc1ccc(C(=O)N2CCCc3c(N)cccc32)cc1.Cl. The van der Waals surface area contributed by atoms with Gasteiger partial charge < -0.3 is 21.3 Å². The fourth-order valence-corrected chi connectivity index (χ4v) is 3.28. The van der Waals surface area contributed by atoms with E-state index in [2.05, 4.69) is 10.6 Å². The summed E-state index contributed by atoms with van der Waals surface area (Å²) in [6.45, 7) is 4.92. The van der Waals surface area contributed by atoms with Crippen molar-refractivity contribution in [1.82, 2.24) is 10.6 Å². The third-order valence-corrected chi connectivity index (χ3v) is 4.61. The van der Waals surface area contributed by atoms with Gasteiger partial charge in [-0.3, -0.25) is 4.79 Å². The highest BCUT2D eigenvalue weighted by molar-refractivity contribution is 6.07. The van der Waals surface area contributed by atoms with Crippen molar-refractivity contribution < 1.29 is 9.59 Å². The van der Waals surface area contributed by atoms with E-state index in [0.29, 0.717) is 18.7 Å². The van der Waals surface area contributed by atoms with E-state index in [0.717, 1.165) is 35.3 Å². The zero-order valence-corrected chi connectivity index (χ0v) is 17.0. The molecule has 2 aromatic rings. The van der Waals surface area contributed by atoms with Gasteiger partial charge in [-0.2, -0.15) is 0 Å². The monoisotopic (exact) mass is 402 g/mol. The minimum absolute atomic E-state index is 0. The summed E-state index contributed by atoms with van der Waals surface area (Å²) in [7, 11) is 0. The van der Waals surface area contributed by atoms with Gasteiger partial charge in [0, 0.05) is 36.1 Å². The van der Waals surface area contributed by atoms with Crippen molar-refractivity contribution in [3.05, 3.63) is 59.2 Å². The lowest BCUT2D eigenvalue weighted by Gasteiger charge is -2.30. The molecular weight excluding hydrogens is 376 g/mol. The largest absolute Gasteiger partial charge is 0.398 e. The summed E-state index contributed by atoms with van der Waals surface area (Å²) in [5, 5.41) is 5.58. The van der Waals surface area contributed by atoms with Crippen LogP contribution >= 0.6 is 12.4 Å². The van der Waals surface area contributed by atoms with E-state index in [4.69, 9.17) is 5.73 Å². The molecule has 0 bridgehead atoms. The zero-order valence-electron chi connectivity index (χ0n) is 16.2. The highest BCUT2D eigenvalue weighted by Gasteiger charge is 2.24. The Hall–Kier alpha value is -2.73. The van der Waals surface area contributed by atoms with Gasteiger partial charge in [-0.05, 0) is 62.1 Å². The number of urea groups is 1. The van der Waals surface area contributed by atoms with Gasteiger partial charge in [0.1, 0.15) is 0 Å². The van der Waals surface area contributed by atoms with Gasteiger partial charge in [0.2, 0.25) is 0 Å². The van der Waals surface area contributed by atoms with Gasteiger partial charge in [0.15, 0.2) is 0 Å². The lowest BCUT2D eigenvalue weighted by atomic mass is 9.99. The number of hydrogen-bond donors (Lipinski definition) is 3. The molecule has 7 heteroatoms. The number of anilines is 2.